The Hall–Kier alpha value is -2.50. The van der Waals surface area contributed by atoms with Gasteiger partial charge in [-0.15, -0.1) is 0 Å². The Labute approximate surface area is 160 Å². The van der Waals surface area contributed by atoms with E-state index in [4.69, 9.17) is 33.0 Å². The monoisotopic (exact) mass is 391 g/mol. The lowest BCUT2D eigenvalue weighted by atomic mass is 10.0. The minimum atomic E-state index is -0.976. The first kappa shape index (κ1) is 18.3. The predicted octanol–water partition coefficient (Wildman–Crippen LogP) is 5.16. The Kier molecular flexibility index (Phi) is 4.94. The third kappa shape index (κ3) is 3.54. The summed E-state index contributed by atoms with van der Waals surface area (Å²) in [4.78, 5) is 22.9. The number of halogens is 2. The zero-order valence-electron chi connectivity index (χ0n) is 14.0. The van der Waals surface area contributed by atoms with Crippen LogP contribution in [0.4, 0.5) is 5.69 Å². The van der Waals surface area contributed by atoms with Gasteiger partial charge in [-0.3, -0.25) is 9.59 Å². The topological polar surface area (TPSA) is 75.6 Å². The van der Waals surface area contributed by atoms with Gasteiger partial charge in [-0.25, -0.2) is 0 Å². The number of fused-ring (bicyclic) bond motifs is 1. The third-order valence-electron chi connectivity index (χ3n) is 3.87. The third-order valence-corrected chi connectivity index (χ3v) is 4.43. The first-order valence-corrected chi connectivity index (χ1v) is 8.52. The number of carboxylic acid groups (broad SMARTS) is 1. The fourth-order valence-electron chi connectivity index (χ4n) is 2.81. The second-order valence-electron chi connectivity index (χ2n) is 6.10. The molecule has 1 aliphatic rings. The molecule has 0 saturated heterocycles. The van der Waals surface area contributed by atoms with Crippen molar-refractivity contribution in [3.05, 3.63) is 57.1 Å². The molecule has 0 unspecified atom stereocenters. The van der Waals surface area contributed by atoms with E-state index in [1.807, 2.05) is 13.8 Å². The number of benzene rings is 2. The van der Waals surface area contributed by atoms with E-state index < -0.39 is 5.97 Å². The van der Waals surface area contributed by atoms with Crippen LogP contribution < -0.4 is 10.1 Å². The Bertz CT molecular complexity index is 939. The molecule has 5 nitrogen and oxygen atoms in total. The summed E-state index contributed by atoms with van der Waals surface area (Å²) < 4.78 is 5.82. The smallest absolute Gasteiger partial charge is 0.307 e. The molecule has 0 spiro atoms. The number of aliphatic carboxylic acids is 1. The van der Waals surface area contributed by atoms with E-state index in [1.54, 1.807) is 18.2 Å². The predicted molar refractivity (Wildman–Crippen MR) is 101 cm³/mol. The number of carbonyl (C=O) groups is 2. The summed E-state index contributed by atoms with van der Waals surface area (Å²) in [5.41, 5.74) is 3.46. The zero-order valence-corrected chi connectivity index (χ0v) is 15.5. The van der Waals surface area contributed by atoms with E-state index in [0.29, 0.717) is 22.6 Å². The molecule has 7 heteroatoms. The molecule has 2 aromatic carbocycles. The van der Waals surface area contributed by atoms with Crippen molar-refractivity contribution in [2.75, 3.05) is 5.32 Å². The number of rotatable bonds is 4. The molecule has 0 fully saturated rings. The maximum absolute atomic E-state index is 12.1. The number of ether oxygens (including phenoxy) is 1. The quantitative estimate of drug-likeness (QED) is 0.705. The first-order chi connectivity index (χ1) is 12.3. The molecule has 1 heterocycles. The average molecular weight is 392 g/mol. The molecule has 3 rings (SSSR count). The van der Waals surface area contributed by atoms with E-state index >= 15 is 0 Å². The molecule has 0 aromatic heterocycles. The maximum Gasteiger partial charge on any atom is 0.307 e. The average Bonchev–Trinajstić information content (AvgIpc) is 2.85. The van der Waals surface area contributed by atoms with Crippen molar-refractivity contribution in [1.29, 1.82) is 0 Å². The normalized spacial score (nSPS) is 12.6. The number of nitrogens with one attached hydrogen (secondary N) is 1. The second kappa shape index (κ2) is 7.02. The van der Waals surface area contributed by atoms with Gasteiger partial charge in [0.15, 0.2) is 5.75 Å². The number of allylic oxidation sites excluding steroid dienone is 1. The summed E-state index contributed by atoms with van der Waals surface area (Å²) in [5, 5.41) is 12.1. The fourth-order valence-corrected chi connectivity index (χ4v) is 3.42. The first-order valence-electron chi connectivity index (χ1n) is 7.77. The highest BCUT2D eigenvalue weighted by Gasteiger charge is 2.26. The van der Waals surface area contributed by atoms with Crippen LogP contribution in [0, 0.1) is 0 Å². The number of amides is 1. The Morgan fingerprint density at radius 2 is 1.81 bits per heavy atom. The summed E-state index contributed by atoms with van der Waals surface area (Å²) in [5.74, 6) is -0.422. The molecular formula is C19H15Cl2NO4. The van der Waals surface area contributed by atoms with Crippen molar-refractivity contribution in [2.45, 2.75) is 20.3 Å². The van der Waals surface area contributed by atoms with Gasteiger partial charge < -0.3 is 15.2 Å². The van der Waals surface area contributed by atoms with Gasteiger partial charge >= 0.3 is 5.97 Å². The van der Waals surface area contributed by atoms with E-state index in [-0.39, 0.29) is 28.1 Å². The minimum absolute atomic E-state index is 0.147. The van der Waals surface area contributed by atoms with E-state index in [1.165, 1.54) is 12.1 Å². The van der Waals surface area contributed by atoms with Gasteiger partial charge in [0.2, 0.25) is 0 Å². The van der Waals surface area contributed by atoms with E-state index in [0.717, 1.165) is 11.1 Å². The molecule has 0 bridgehead atoms. The van der Waals surface area contributed by atoms with Crippen LogP contribution in [0.1, 0.15) is 25.0 Å². The molecule has 2 N–H and O–H groups in total. The van der Waals surface area contributed by atoms with Crippen LogP contribution in [0.15, 0.2) is 35.9 Å². The zero-order chi connectivity index (χ0) is 19.0. The Morgan fingerprint density at radius 3 is 2.38 bits per heavy atom. The lowest BCUT2D eigenvalue weighted by molar-refractivity contribution is -0.136. The molecule has 0 saturated carbocycles. The van der Waals surface area contributed by atoms with Crippen LogP contribution >= 0.6 is 23.2 Å². The SMILES string of the molecule is CC(C)=C1C(=O)Nc2ccc(Oc3c(Cl)cc(CC(=O)O)cc3Cl)cc21. The summed E-state index contributed by atoms with van der Waals surface area (Å²) >= 11 is 12.4. The van der Waals surface area contributed by atoms with Gasteiger partial charge in [-0.05, 0) is 49.7 Å². The highest BCUT2D eigenvalue weighted by atomic mass is 35.5. The minimum Gasteiger partial charge on any atom is -0.481 e. The number of carboxylic acids is 1. The van der Waals surface area contributed by atoms with Crippen LogP contribution in [-0.4, -0.2) is 17.0 Å². The van der Waals surface area contributed by atoms with Crippen molar-refractivity contribution in [2.24, 2.45) is 0 Å². The maximum atomic E-state index is 12.1. The highest BCUT2D eigenvalue weighted by Crippen LogP contribution is 2.41. The lowest BCUT2D eigenvalue weighted by Crippen LogP contribution is -2.04. The van der Waals surface area contributed by atoms with Gasteiger partial charge in [-0.1, -0.05) is 28.8 Å². The van der Waals surface area contributed by atoms with Crippen molar-refractivity contribution in [3.63, 3.8) is 0 Å². The summed E-state index contributed by atoms with van der Waals surface area (Å²) in [6, 6.07) is 8.21. The van der Waals surface area contributed by atoms with Gasteiger partial charge in [0, 0.05) is 16.8 Å². The molecular weight excluding hydrogens is 377 g/mol. The summed E-state index contributed by atoms with van der Waals surface area (Å²) in [6.07, 6.45) is -0.184. The fraction of sp³-hybridized carbons (Fsp3) is 0.158. The summed E-state index contributed by atoms with van der Waals surface area (Å²) in [6.45, 7) is 3.74. The molecule has 26 heavy (non-hydrogen) atoms. The van der Waals surface area contributed by atoms with E-state index in [9.17, 15) is 9.59 Å². The standard InChI is InChI=1S/C19H15Cl2NO4/c1-9(2)17-12-8-11(3-4-15(12)22-19(17)25)26-18-13(20)5-10(6-14(18)21)7-16(23)24/h3-6,8H,7H2,1-2H3,(H,22,25)(H,23,24). The molecule has 1 aliphatic heterocycles. The molecule has 0 atom stereocenters. The van der Waals surface area contributed by atoms with Crippen LogP contribution in [0.3, 0.4) is 0 Å². The molecule has 134 valence electrons. The number of hydrogen-bond acceptors (Lipinski definition) is 3. The largest absolute Gasteiger partial charge is 0.481 e. The van der Waals surface area contributed by atoms with Crippen LogP contribution in [-0.2, 0) is 16.0 Å². The molecule has 0 radical (unpaired) electrons. The van der Waals surface area contributed by atoms with Crippen molar-refractivity contribution >= 4 is 46.3 Å². The Balaban J connectivity index is 1.95. The van der Waals surface area contributed by atoms with Crippen molar-refractivity contribution in [1.82, 2.24) is 0 Å². The van der Waals surface area contributed by atoms with Gasteiger partial charge in [0.1, 0.15) is 5.75 Å². The molecule has 2 aromatic rings. The number of carbonyl (C=O) groups excluding carboxylic acids is 1. The second-order valence-corrected chi connectivity index (χ2v) is 6.91. The van der Waals surface area contributed by atoms with Crippen LogP contribution in [0.25, 0.3) is 5.57 Å². The van der Waals surface area contributed by atoms with Crippen LogP contribution in [0.5, 0.6) is 11.5 Å². The summed E-state index contributed by atoms with van der Waals surface area (Å²) in [7, 11) is 0. The number of hydrogen-bond donors (Lipinski definition) is 2. The van der Waals surface area contributed by atoms with Crippen molar-refractivity contribution in [3.8, 4) is 11.5 Å². The number of anilines is 1. The van der Waals surface area contributed by atoms with Crippen LogP contribution in [0.2, 0.25) is 10.0 Å². The van der Waals surface area contributed by atoms with Crippen molar-refractivity contribution < 1.29 is 19.4 Å². The molecule has 1 amide bonds. The lowest BCUT2D eigenvalue weighted by Gasteiger charge is -2.12. The van der Waals surface area contributed by atoms with Gasteiger partial charge in [0.25, 0.3) is 5.91 Å². The van der Waals surface area contributed by atoms with E-state index in [2.05, 4.69) is 5.32 Å². The van der Waals surface area contributed by atoms with Gasteiger partial charge in [0.05, 0.1) is 16.5 Å². The Morgan fingerprint density at radius 1 is 1.15 bits per heavy atom. The van der Waals surface area contributed by atoms with Gasteiger partial charge in [-0.2, -0.15) is 0 Å². The highest BCUT2D eigenvalue weighted by molar-refractivity contribution is 6.37. The molecule has 0 aliphatic carbocycles.